The van der Waals surface area contributed by atoms with Crippen molar-refractivity contribution in [3.8, 4) is 0 Å². The molecule has 1 aliphatic carbocycles. The number of hydrogen-bond donors (Lipinski definition) is 3. The van der Waals surface area contributed by atoms with Crippen molar-refractivity contribution in [2.24, 2.45) is 20.5 Å². The van der Waals surface area contributed by atoms with E-state index in [0.29, 0.717) is 0 Å². The molecule has 362 valence electrons. The summed E-state index contributed by atoms with van der Waals surface area (Å²) in [6, 6.07) is 33.9. The fourth-order valence-electron chi connectivity index (χ4n) is 8.50. The number of aliphatic hydroxyl groups is 3. The first kappa shape index (κ1) is 50.6. The number of rotatable bonds is 22. The summed E-state index contributed by atoms with van der Waals surface area (Å²) >= 11 is 0. The third-order valence-corrected chi connectivity index (χ3v) is 11.9. The fourth-order valence-corrected chi connectivity index (χ4v) is 8.50. The van der Waals surface area contributed by atoms with Crippen molar-refractivity contribution < 1.29 is 53.2 Å². The number of aliphatic hydroxyl groups excluding tert-OH is 3. The number of hydrogen-bond acceptors (Lipinski definition) is 15. The summed E-state index contributed by atoms with van der Waals surface area (Å²) in [7, 11) is 0. The molecule has 0 bridgehead atoms. The lowest BCUT2D eigenvalue weighted by atomic mass is 9.84. The van der Waals surface area contributed by atoms with E-state index in [2.05, 4.69) is 40.1 Å². The summed E-state index contributed by atoms with van der Waals surface area (Å²) in [5.41, 5.74) is 41.4. The maximum atomic E-state index is 12.4. The summed E-state index contributed by atoms with van der Waals surface area (Å²) < 4.78 is 52.4. The van der Waals surface area contributed by atoms with E-state index in [0.717, 1.165) is 22.3 Å². The normalized spacial score (nSPS) is 30.9. The highest BCUT2D eigenvalue weighted by Gasteiger charge is 2.54. The van der Waals surface area contributed by atoms with Gasteiger partial charge in [-0.3, -0.25) is 0 Å². The molecule has 0 radical (unpaired) electrons. The Bertz CT molecular complexity index is 2400. The first-order valence-electron chi connectivity index (χ1n) is 22.2. The first-order valence-corrected chi connectivity index (χ1v) is 22.2. The minimum absolute atomic E-state index is 0.0342. The van der Waals surface area contributed by atoms with Crippen molar-refractivity contribution in [1.82, 2.24) is 0 Å². The van der Waals surface area contributed by atoms with Gasteiger partial charge in [0.1, 0.15) is 42.7 Å². The Hall–Kier alpha value is -6.32. The third kappa shape index (κ3) is 13.5. The van der Waals surface area contributed by atoms with Crippen molar-refractivity contribution in [3.63, 3.8) is 0 Å². The standard InChI is InChI=1S/C46H52N12O11/c47-55-51-22-34-37(59)38(60)36(54-58-50)45(66-34)68-40-32(52-56-48)21-33(53-57-49)41(39(40)61)69-46-44(65-26-31-19-11-4-12-20-31)43(64-25-30-17-9-3-10-18-30)42(63-24-29-15-7-2-8-16-29)35(67-46)27-62-23-28-13-5-1-6-14-28/h1-20,32-46,59-61H,21-27H2/t32-,33+,34+,35+,36+,37+,38+,39-,40+,41-,42+,43-,44+,45+,46+/m0/s1. The van der Waals surface area contributed by atoms with Gasteiger partial charge in [-0.15, -0.1) is 0 Å². The molecule has 7 rings (SSSR count). The Morgan fingerprint density at radius 2 is 0.928 bits per heavy atom. The molecule has 2 aliphatic heterocycles. The third-order valence-electron chi connectivity index (χ3n) is 11.9. The van der Waals surface area contributed by atoms with Crippen LogP contribution in [0.1, 0.15) is 28.7 Å². The lowest BCUT2D eigenvalue weighted by Gasteiger charge is -2.49. The summed E-state index contributed by atoms with van der Waals surface area (Å²) in [5.74, 6) is 0. The van der Waals surface area contributed by atoms with Crippen LogP contribution >= 0.6 is 0 Å². The van der Waals surface area contributed by atoms with Gasteiger partial charge in [-0.1, -0.05) is 142 Å². The average Bonchev–Trinajstić information content (AvgIpc) is 3.37. The SMILES string of the molecule is [N-]=[N+]=NC[C@H]1O[C@H](O[C@H]2[C@H](O)[C@@H](O[C@H]3O[C@H](COCc4ccccc4)[C@@H](OCc4ccccc4)[C@H](OCc4ccccc4)[C@H]3OCc3ccccc3)[C@H](N=[N+]=[N-])C[C@@H]2N=[N+]=[N-])[C@H](N=[N+]=[N-])[C@@H](O)[C@@H]1O. The van der Waals surface area contributed by atoms with Crippen LogP contribution < -0.4 is 0 Å². The molecule has 1 saturated carbocycles. The Morgan fingerprint density at radius 1 is 0.478 bits per heavy atom. The van der Waals surface area contributed by atoms with E-state index in [9.17, 15) is 31.9 Å². The smallest absolute Gasteiger partial charge is 0.187 e. The lowest BCUT2D eigenvalue weighted by molar-refractivity contribution is -0.349. The monoisotopic (exact) mass is 948 g/mol. The van der Waals surface area contributed by atoms with Gasteiger partial charge in [0.05, 0.1) is 76.1 Å². The Morgan fingerprint density at radius 3 is 1.42 bits per heavy atom. The van der Waals surface area contributed by atoms with Crippen LogP contribution in [0.25, 0.3) is 41.8 Å². The predicted octanol–water partition coefficient (Wildman–Crippen LogP) is 7.01. The molecule has 4 aromatic rings. The van der Waals surface area contributed by atoms with Crippen molar-refractivity contribution in [3.05, 3.63) is 185 Å². The van der Waals surface area contributed by atoms with Gasteiger partial charge < -0.3 is 53.2 Å². The molecular formula is C46H52N12O11. The molecule has 2 heterocycles. The zero-order valence-corrected chi connectivity index (χ0v) is 37.1. The van der Waals surface area contributed by atoms with Gasteiger partial charge in [-0.05, 0) is 50.8 Å². The molecule has 0 aromatic heterocycles. The number of benzene rings is 4. The van der Waals surface area contributed by atoms with E-state index in [1.807, 2.05) is 121 Å². The highest BCUT2D eigenvalue weighted by Crippen LogP contribution is 2.38. The van der Waals surface area contributed by atoms with Crippen LogP contribution in [0.3, 0.4) is 0 Å². The predicted molar refractivity (Wildman–Crippen MR) is 244 cm³/mol. The van der Waals surface area contributed by atoms with E-state index in [1.54, 1.807) is 0 Å². The van der Waals surface area contributed by atoms with Crippen LogP contribution in [0.5, 0.6) is 0 Å². The molecular weight excluding hydrogens is 897 g/mol. The van der Waals surface area contributed by atoms with E-state index < -0.39 is 98.3 Å². The van der Waals surface area contributed by atoms with E-state index in [4.69, 9.17) is 43.4 Å². The van der Waals surface area contributed by atoms with E-state index in [1.165, 1.54) is 0 Å². The minimum Gasteiger partial charge on any atom is -0.390 e. The van der Waals surface area contributed by atoms with Crippen molar-refractivity contribution in [2.45, 2.75) is 125 Å². The van der Waals surface area contributed by atoms with Gasteiger partial charge in [-0.25, -0.2) is 0 Å². The van der Waals surface area contributed by atoms with E-state index >= 15 is 0 Å². The largest absolute Gasteiger partial charge is 0.390 e. The zero-order chi connectivity index (χ0) is 48.4. The fraction of sp³-hybridized carbons (Fsp3) is 0.478. The number of nitrogens with zero attached hydrogens (tertiary/aromatic N) is 12. The maximum Gasteiger partial charge on any atom is 0.187 e. The number of ether oxygens (including phenoxy) is 8. The minimum atomic E-state index is -1.83. The Kier molecular flexibility index (Phi) is 19.0. The van der Waals surface area contributed by atoms with Gasteiger partial charge in [0.25, 0.3) is 0 Å². The van der Waals surface area contributed by atoms with Crippen LogP contribution in [0, 0.1) is 0 Å². The van der Waals surface area contributed by atoms with Gasteiger partial charge in [0.15, 0.2) is 12.6 Å². The quantitative estimate of drug-likeness (QED) is 0.0408. The second-order valence-electron chi connectivity index (χ2n) is 16.4. The van der Waals surface area contributed by atoms with Crippen LogP contribution in [0.2, 0.25) is 0 Å². The molecule has 69 heavy (non-hydrogen) atoms. The highest BCUT2D eigenvalue weighted by molar-refractivity contribution is 5.17. The molecule has 2 saturated heterocycles. The number of azide groups is 4. The second-order valence-corrected chi connectivity index (χ2v) is 16.4. The highest BCUT2D eigenvalue weighted by atomic mass is 16.7. The van der Waals surface area contributed by atoms with Crippen LogP contribution in [0.4, 0.5) is 0 Å². The van der Waals surface area contributed by atoms with Crippen LogP contribution in [-0.2, 0) is 64.3 Å². The summed E-state index contributed by atoms with van der Waals surface area (Å²) in [4.78, 5) is 11.4. The Labute approximate surface area is 395 Å². The van der Waals surface area contributed by atoms with Crippen molar-refractivity contribution in [1.29, 1.82) is 0 Å². The molecule has 4 aromatic carbocycles. The van der Waals surface area contributed by atoms with Gasteiger partial charge in [0, 0.05) is 19.6 Å². The van der Waals surface area contributed by atoms with Crippen LogP contribution in [-0.4, -0.2) is 120 Å². The van der Waals surface area contributed by atoms with Gasteiger partial charge in [0.2, 0.25) is 0 Å². The van der Waals surface area contributed by atoms with Crippen molar-refractivity contribution in [2.75, 3.05) is 13.2 Å². The average molecular weight is 949 g/mol. The van der Waals surface area contributed by atoms with Gasteiger partial charge >= 0.3 is 0 Å². The molecule has 23 heteroatoms. The molecule has 3 fully saturated rings. The first-order chi connectivity index (χ1) is 33.8. The second kappa shape index (κ2) is 25.9. The molecule has 0 spiro atoms. The van der Waals surface area contributed by atoms with Crippen LogP contribution in [0.15, 0.2) is 142 Å². The van der Waals surface area contributed by atoms with E-state index in [-0.39, 0.29) is 39.5 Å². The molecule has 3 aliphatic rings. The molecule has 3 N–H and O–H groups in total. The summed E-state index contributed by atoms with van der Waals surface area (Å²) in [5, 5.41) is 49.0. The Balaban J connectivity index is 1.26. The maximum absolute atomic E-state index is 12.4. The van der Waals surface area contributed by atoms with Gasteiger partial charge in [-0.2, -0.15) is 0 Å². The lowest BCUT2D eigenvalue weighted by Crippen LogP contribution is -2.65. The molecule has 0 amide bonds. The molecule has 15 atom stereocenters. The topological polar surface area (TPSA) is 330 Å². The zero-order valence-electron chi connectivity index (χ0n) is 37.1. The summed E-state index contributed by atoms with van der Waals surface area (Å²) in [6.45, 7) is 0.0338. The summed E-state index contributed by atoms with van der Waals surface area (Å²) in [6.07, 6.45) is -16.9. The molecule has 23 nitrogen and oxygen atoms in total. The van der Waals surface area contributed by atoms with Crippen molar-refractivity contribution >= 4 is 0 Å². The molecule has 0 unspecified atom stereocenters.